The van der Waals surface area contributed by atoms with Gasteiger partial charge in [-0.3, -0.25) is 0 Å². The van der Waals surface area contributed by atoms with Gasteiger partial charge in [-0.05, 0) is 44.3 Å². The fourth-order valence-corrected chi connectivity index (χ4v) is 1.66. The molecule has 0 radical (unpaired) electrons. The molecule has 1 rings (SSSR count). The Kier molecular flexibility index (Phi) is 16.1. The van der Waals surface area contributed by atoms with Crippen molar-refractivity contribution in [3.63, 3.8) is 0 Å². The second kappa shape index (κ2) is 14.9. The molecule has 0 aromatic rings. The summed E-state index contributed by atoms with van der Waals surface area (Å²) in [5.74, 6) is 0.696. The molecule has 0 aromatic carbocycles. The maximum absolute atomic E-state index is 3.82. The molecule has 0 aromatic heterocycles. The Bertz CT molecular complexity index is 220. The highest BCUT2D eigenvalue weighted by molar-refractivity contribution is 5.24. The Labute approximate surface area is 108 Å². The maximum Gasteiger partial charge on any atom is -0.00431 e. The van der Waals surface area contributed by atoms with Crippen LogP contribution in [0.25, 0.3) is 0 Å². The lowest BCUT2D eigenvalue weighted by molar-refractivity contribution is 0.425. The van der Waals surface area contributed by atoms with E-state index in [1.807, 2.05) is 32.9 Å². The quantitative estimate of drug-likeness (QED) is 0.561. The van der Waals surface area contributed by atoms with E-state index in [9.17, 15) is 0 Å². The van der Waals surface area contributed by atoms with Crippen LogP contribution in [-0.2, 0) is 0 Å². The second-order valence-electron chi connectivity index (χ2n) is 3.54. The summed E-state index contributed by atoms with van der Waals surface area (Å²) in [7, 11) is 0. The molecule has 17 heavy (non-hydrogen) atoms. The highest BCUT2D eigenvalue weighted by Crippen LogP contribution is 2.21. The number of nitrogens with one attached hydrogen (secondary N) is 1. The Balaban J connectivity index is 0. The third-order valence-corrected chi connectivity index (χ3v) is 2.36. The minimum atomic E-state index is 0.696. The summed E-state index contributed by atoms with van der Waals surface area (Å²) in [5.41, 5.74) is 1.34. The first kappa shape index (κ1) is 18.3. The molecule has 0 aliphatic carbocycles. The zero-order chi connectivity index (χ0) is 13.5. The molecule has 0 unspecified atom stereocenters. The van der Waals surface area contributed by atoms with Crippen molar-refractivity contribution >= 4 is 0 Å². The van der Waals surface area contributed by atoms with Gasteiger partial charge < -0.3 is 5.32 Å². The van der Waals surface area contributed by atoms with E-state index in [2.05, 4.69) is 31.1 Å². The van der Waals surface area contributed by atoms with Crippen molar-refractivity contribution in [3.05, 3.63) is 49.6 Å². The Morgan fingerprint density at radius 3 is 1.94 bits per heavy atom. The van der Waals surface area contributed by atoms with Crippen LogP contribution in [0.4, 0.5) is 0 Å². The zero-order valence-corrected chi connectivity index (χ0v) is 11.8. The molecular weight excluding hydrogens is 206 g/mol. The van der Waals surface area contributed by atoms with E-state index >= 15 is 0 Å². The van der Waals surface area contributed by atoms with E-state index in [1.54, 1.807) is 6.08 Å². The van der Waals surface area contributed by atoms with E-state index < -0.39 is 0 Å². The maximum atomic E-state index is 3.82. The summed E-state index contributed by atoms with van der Waals surface area (Å²) >= 11 is 0. The highest BCUT2D eigenvalue weighted by Gasteiger charge is 2.14. The first-order valence-corrected chi connectivity index (χ1v) is 6.53. The van der Waals surface area contributed by atoms with Gasteiger partial charge in [0.15, 0.2) is 0 Å². The van der Waals surface area contributed by atoms with Gasteiger partial charge in [0.2, 0.25) is 0 Å². The van der Waals surface area contributed by atoms with Crippen LogP contribution in [0.2, 0.25) is 0 Å². The molecule has 0 amide bonds. The molecule has 0 saturated carbocycles. The van der Waals surface area contributed by atoms with Gasteiger partial charge in [0.1, 0.15) is 0 Å². The van der Waals surface area contributed by atoms with E-state index in [0.717, 1.165) is 13.1 Å². The van der Waals surface area contributed by atoms with Crippen LogP contribution in [-0.4, -0.2) is 13.1 Å². The SMILES string of the molecule is C=C/C=C(\C=C)C1CCNCC1.C=CC.CC. The standard InChI is InChI=1S/C11H17N.C3H6.C2H6/c1-3-5-10(4-2)11-6-8-12-9-7-11;1-3-2;1-2/h3-5,11-12H,1-2,6-9H2;3H,1H2,2H3;1-2H3/b10-5+;;. The molecule has 0 atom stereocenters. The lowest BCUT2D eigenvalue weighted by atomic mass is 9.90. The lowest BCUT2D eigenvalue weighted by Crippen LogP contribution is -2.28. The van der Waals surface area contributed by atoms with Crippen LogP contribution >= 0.6 is 0 Å². The fraction of sp³-hybridized carbons (Fsp3) is 0.500. The van der Waals surface area contributed by atoms with Crippen LogP contribution < -0.4 is 5.32 Å². The van der Waals surface area contributed by atoms with Crippen molar-refractivity contribution in [2.45, 2.75) is 33.6 Å². The molecule has 0 spiro atoms. The molecule has 98 valence electrons. The first-order chi connectivity index (χ1) is 8.29. The molecule has 0 bridgehead atoms. The number of hydrogen-bond acceptors (Lipinski definition) is 1. The number of rotatable bonds is 3. The predicted octanol–water partition coefficient (Wildman–Crippen LogP) is 4.50. The monoisotopic (exact) mass is 235 g/mol. The van der Waals surface area contributed by atoms with Crippen molar-refractivity contribution in [1.82, 2.24) is 5.32 Å². The second-order valence-corrected chi connectivity index (χ2v) is 3.54. The third kappa shape index (κ3) is 9.83. The van der Waals surface area contributed by atoms with Crippen molar-refractivity contribution in [3.8, 4) is 0 Å². The van der Waals surface area contributed by atoms with Crippen LogP contribution in [0.5, 0.6) is 0 Å². The van der Waals surface area contributed by atoms with Crippen molar-refractivity contribution in [1.29, 1.82) is 0 Å². The first-order valence-electron chi connectivity index (χ1n) is 6.53. The summed E-state index contributed by atoms with van der Waals surface area (Å²) in [4.78, 5) is 0. The Morgan fingerprint density at radius 1 is 1.12 bits per heavy atom. The smallest absolute Gasteiger partial charge is 0.00431 e. The molecular formula is C16H29N. The Morgan fingerprint density at radius 2 is 1.59 bits per heavy atom. The summed E-state index contributed by atoms with van der Waals surface area (Å²) in [6.45, 7) is 19.0. The van der Waals surface area contributed by atoms with E-state index in [-0.39, 0.29) is 0 Å². The van der Waals surface area contributed by atoms with Gasteiger partial charge in [-0.15, -0.1) is 6.58 Å². The van der Waals surface area contributed by atoms with E-state index in [0.29, 0.717) is 5.92 Å². The molecule has 1 heteroatoms. The molecule has 1 saturated heterocycles. The number of piperidine rings is 1. The Hall–Kier alpha value is -1.08. The highest BCUT2D eigenvalue weighted by atomic mass is 14.9. The van der Waals surface area contributed by atoms with Crippen LogP contribution in [0, 0.1) is 5.92 Å². The van der Waals surface area contributed by atoms with Crippen LogP contribution in [0.15, 0.2) is 49.6 Å². The minimum Gasteiger partial charge on any atom is -0.317 e. The summed E-state index contributed by atoms with van der Waals surface area (Å²) in [5, 5.41) is 3.35. The van der Waals surface area contributed by atoms with Gasteiger partial charge in [0.25, 0.3) is 0 Å². The van der Waals surface area contributed by atoms with E-state index in [4.69, 9.17) is 0 Å². The molecule has 1 aliphatic rings. The van der Waals surface area contributed by atoms with Crippen LogP contribution in [0.1, 0.15) is 33.6 Å². The lowest BCUT2D eigenvalue weighted by Gasteiger charge is -2.23. The summed E-state index contributed by atoms with van der Waals surface area (Å²) in [6.07, 6.45) is 10.1. The van der Waals surface area contributed by atoms with E-state index in [1.165, 1.54) is 18.4 Å². The van der Waals surface area contributed by atoms with Crippen molar-refractivity contribution in [2.24, 2.45) is 5.92 Å². The van der Waals surface area contributed by atoms with Crippen LogP contribution in [0.3, 0.4) is 0 Å². The van der Waals surface area contributed by atoms with Gasteiger partial charge >= 0.3 is 0 Å². The number of hydrogen-bond donors (Lipinski definition) is 1. The fourth-order valence-electron chi connectivity index (χ4n) is 1.66. The molecule has 1 fully saturated rings. The van der Waals surface area contributed by atoms with Crippen molar-refractivity contribution < 1.29 is 0 Å². The van der Waals surface area contributed by atoms with Gasteiger partial charge in [-0.25, -0.2) is 0 Å². The molecule has 1 N–H and O–H groups in total. The average molecular weight is 235 g/mol. The zero-order valence-electron chi connectivity index (χ0n) is 11.8. The molecule has 1 nitrogen and oxygen atoms in total. The van der Waals surface area contributed by atoms with Gasteiger partial charge in [-0.2, -0.15) is 0 Å². The predicted molar refractivity (Wildman–Crippen MR) is 81.3 cm³/mol. The topological polar surface area (TPSA) is 12.0 Å². The van der Waals surface area contributed by atoms with Crippen molar-refractivity contribution in [2.75, 3.05) is 13.1 Å². The third-order valence-electron chi connectivity index (χ3n) is 2.36. The molecule has 1 aliphatic heterocycles. The number of allylic oxidation sites excluding steroid dienone is 5. The summed E-state index contributed by atoms with van der Waals surface area (Å²) < 4.78 is 0. The average Bonchev–Trinajstić information content (AvgIpc) is 2.40. The van der Waals surface area contributed by atoms with Gasteiger partial charge in [0, 0.05) is 0 Å². The summed E-state index contributed by atoms with van der Waals surface area (Å²) in [6, 6.07) is 0. The minimum absolute atomic E-state index is 0.696. The normalized spacial score (nSPS) is 15.6. The molecule has 1 heterocycles. The van der Waals surface area contributed by atoms with Gasteiger partial charge in [0.05, 0.1) is 0 Å². The van der Waals surface area contributed by atoms with Gasteiger partial charge in [-0.1, -0.05) is 51.3 Å². The largest absolute Gasteiger partial charge is 0.317 e.